The van der Waals surface area contributed by atoms with Gasteiger partial charge in [-0.1, -0.05) is 12.5 Å². The molecule has 2 aliphatic carbocycles. The second kappa shape index (κ2) is 7.84. The number of carbonyl (C=O) groups is 3. The lowest BCUT2D eigenvalue weighted by Gasteiger charge is -2.56. The van der Waals surface area contributed by atoms with E-state index in [-0.39, 0.29) is 11.7 Å². The molecule has 2 aliphatic rings. The highest BCUT2D eigenvalue weighted by Crippen LogP contribution is 2.56. The minimum atomic E-state index is -2.08. The molecule has 0 aromatic heterocycles. The zero-order chi connectivity index (χ0) is 22.4. The van der Waals surface area contributed by atoms with Crippen molar-refractivity contribution >= 4 is 17.7 Å². The summed E-state index contributed by atoms with van der Waals surface area (Å²) >= 11 is 0. The van der Waals surface area contributed by atoms with E-state index >= 15 is 0 Å². The van der Waals surface area contributed by atoms with Crippen LogP contribution in [-0.4, -0.2) is 51.3 Å². The van der Waals surface area contributed by atoms with Crippen LogP contribution in [0.5, 0.6) is 0 Å². The first-order valence-corrected chi connectivity index (χ1v) is 10.2. The molecule has 2 N–H and O–H groups in total. The van der Waals surface area contributed by atoms with Gasteiger partial charge in [-0.05, 0) is 64.9 Å². The number of ketones is 1. The van der Waals surface area contributed by atoms with E-state index in [9.17, 15) is 24.6 Å². The predicted molar refractivity (Wildman–Crippen MR) is 106 cm³/mol. The average molecular weight is 411 g/mol. The molecule has 0 aliphatic heterocycles. The molecule has 0 unspecified atom stereocenters. The van der Waals surface area contributed by atoms with Crippen molar-refractivity contribution < 1.29 is 34.1 Å². The van der Waals surface area contributed by atoms with Crippen LogP contribution in [0.1, 0.15) is 74.1 Å². The molecule has 2 fully saturated rings. The largest absolute Gasteiger partial charge is 0.456 e. The summed E-state index contributed by atoms with van der Waals surface area (Å²) in [4.78, 5) is 37.2. The van der Waals surface area contributed by atoms with Crippen molar-refractivity contribution in [3.05, 3.63) is 11.1 Å². The minimum absolute atomic E-state index is 0.112. The summed E-state index contributed by atoms with van der Waals surface area (Å²) in [6.07, 6.45) is -0.341. The van der Waals surface area contributed by atoms with Crippen LogP contribution in [0.4, 0.5) is 0 Å². The van der Waals surface area contributed by atoms with E-state index in [1.54, 1.807) is 6.92 Å². The molecule has 0 bridgehead atoms. The Kier molecular flexibility index (Phi) is 6.36. The topological polar surface area (TPSA) is 110 Å². The van der Waals surface area contributed by atoms with Crippen LogP contribution in [0.3, 0.4) is 0 Å². The fraction of sp³-hybridized carbons (Fsp3) is 0.773. The molecular weight excluding hydrogens is 376 g/mol. The summed E-state index contributed by atoms with van der Waals surface area (Å²) in [5.74, 6) is -1.59. The van der Waals surface area contributed by atoms with E-state index in [0.29, 0.717) is 25.7 Å². The molecule has 2 saturated carbocycles. The van der Waals surface area contributed by atoms with Crippen LogP contribution in [0.25, 0.3) is 0 Å². The lowest BCUT2D eigenvalue weighted by molar-refractivity contribution is -0.227. The van der Waals surface area contributed by atoms with Gasteiger partial charge >= 0.3 is 11.9 Å². The van der Waals surface area contributed by atoms with Crippen LogP contribution in [0, 0.1) is 11.3 Å². The molecule has 6 atom stereocenters. The van der Waals surface area contributed by atoms with E-state index in [1.807, 2.05) is 20.8 Å². The monoisotopic (exact) mass is 410 g/mol. The molecule has 164 valence electrons. The Hall–Kier alpha value is -1.73. The molecule has 0 heterocycles. The van der Waals surface area contributed by atoms with E-state index < -0.39 is 40.8 Å². The molecule has 0 radical (unpaired) electrons. The summed E-state index contributed by atoms with van der Waals surface area (Å²) in [6, 6.07) is 0. The van der Waals surface area contributed by atoms with Crippen LogP contribution in [-0.2, 0) is 23.9 Å². The van der Waals surface area contributed by atoms with Gasteiger partial charge in [0.15, 0.2) is 11.4 Å². The Labute approximate surface area is 172 Å². The van der Waals surface area contributed by atoms with Gasteiger partial charge in [-0.15, -0.1) is 0 Å². The third kappa shape index (κ3) is 4.26. The summed E-state index contributed by atoms with van der Waals surface area (Å²) in [5, 5.41) is 20.0. The molecule has 7 nitrogen and oxygen atoms in total. The highest BCUT2D eigenvalue weighted by molar-refractivity contribution is 5.97. The molecule has 0 amide bonds. The number of hydrogen-bond donors (Lipinski definition) is 2. The number of aliphatic hydroxyl groups is 2. The van der Waals surface area contributed by atoms with Crippen LogP contribution in [0.2, 0.25) is 0 Å². The number of hydrogen-bond acceptors (Lipinski definition) is 7. The van der Waals surface area contributed by atoms with Crippen molar-refractivity contribution in [2.45, 2.75) is 97.6 Å². The summed E-state index contributed by atoms with van der Waals surface area (Å²) in [6.45, 7) is 11.3. The highest BCUT2D eigenvalue weighted by atomic mass is 16.6. The highest BCUT2D eigenvalue weighted by Gasteiger charge is 2.60. The number of carbonyl (C=O) groups excluding carboxylic acids is 3. The minimum Gasteiger partial charge on any atom is -0.456 e. The number of esters is 2. The third-order valence-corrected chi connectivity index (χ3v) is 6.90. The maximum absolute atomic E-state index is 12.7. The SMILES string of the molecule is CC(=O)O[C@@]1(C)[C@@H]2CC(=C(C)C)C(=O)C[C@@]2(C)CC[C@H]1OC(=O)[C@](C)(O)[C@H](C)O. The maximum Gasteiger partial charge on any atom is 0.340 e. The van der Waals surface area contributed by atoms with Gasteiger partial charge in [0.2, 0.25) is 0 Å². The standard InChI is InChI=1S/C22H34O7/c1-12(2)15-10-17-20(5,11-16(15)25)9-8-18(22(17,7)29-14(4)24)28-19(26)21(6,27)13(3)23/h13,17-18,23,27H,8-11H2,1-7H3/t13-,17+,18+,20+,21+,22-/m0/s1. The first kappa shape index (κ1) is 23.5. The van der Waals surface area contributed by atoms with Crippen LogP contribution < -0.4 is 0 Å². The smallest absolute Gasteiger partial charge is 0.340 e. The lowest BCUT2D eigenvalue weighted by Crippen LogP contribution is -2.62. The summed E-state index contributed by atoms with van der Waals surface area (Å²) in [7, 11) is 0. The summed E-state index contributed by atoms with van der Waals surface area (Å²) < 4.78 is 11.4. The Morgan fingerprint density at radius 2 is 1.83 bits per heavy atom. The van der Waals surface area contributed by atoms with Gasteiger partial charge in [-0.25, -0.2) is 4.79 Å². The number of Topliss-reactive ketones (excluding diaryl/α,β-unsaturated/α-hetero) is 1. The Balaban J connectivity index is 2.45. The average Bonchev–Trinajstić information content (AvgIpc) is 2.55. The van der Waals surface area contributed by atoms with Gasteiger partial charge in [0.05, 0.1) is 6.10 Å². The Morgan fingerprint density at radius 3 is 2.31 bits per heavy atom. The number of ether oxygens (including phenoxy) is 2. The predicted octanol–water partition coefficient (Wildman–Crippen LogP) is 2.47. The molecular formula is C22H34O7. The zero-order valence-electron chi connectivity index (χ0n) is 18.5. The normalized spacial score (nSPS) is 35.2. The fourth-order valence-electron chi connectivity index (χ4n) is 4.81. The van der Waals surface area contributed by atoms with Crippen molar-refractivity contribution in [1.29, 1.82) is 0 Å². The van der Waals surface area contributed by atoms with E-state index in [1.165, 1.54) is 20.8 Å². The number of allylic oxidation sites excluding steroid dienone is 2. The molecule has 7 heteroatoms. The number of fused-ring (bicyclic) bond motifs is 1. The third-order valence-electron chi connectivity index (χ3n) is 6.90. The van der Waals surface area contributed by atoms with Gasteiger partial charge in [0.25, 0.3) is 0 Å². The quantitative estimate of drug-likeness (QED) is 0.541. The second-order valence-corrected chi connectivity index (χ2v) is 9.52. The van der Waals surface area contributed by atoms with Crippen molar-refractivity contribution in [2.24, 2.45) is 11.3 Å². The first-order valence-electron chi connectivity index (χ1n) is 10.2. The first-order chi connectivity index (χ1) is 13.1. The van der Waals surface area contributed by atoms with Crippen molar-refractivity contribution in [2.75, 3.05) is 0 Å². The lowest BCUT2D eigenvalue weighted by atomic mass is 9.53. The van der Waals surface area contributed by atoms with Gasteiger partial charge in [-0.3, -0.25) is 9.59 Å². The van der Waals surface area contributed by atoms with Crippen LogP contribution in [0.15, 0.2) is 11.1 Å². The van der Waals surface area contributed by atoms with Gasteiger partial charge in [0.1, 0.15) is 11.7 Å². The molecule has 0 spiro atoms. The maximum atomic E-state index is 12.7. The van der Waals surface area contributed by atoms with Crippen molar-refractivity contribution in [1.82, 2.24) is 0 Å². The fourth-order valence-corrected chi connectivity index (χ4v) is 4.81. The molecule has 2 rings (SSSR count). The summed E-state index contributed by atoms with van der Waals surface area (Å²) in [5.41, 5.74) is -1.97. The second-order valence-electron chi connectivity index (χ2n) is 9.52. The van der Waals surface area contributed by atoms with Crippen molar-refractivity contribution in [3.8, 4) is 0 Å². The molecule has 29 heavy (non-hydrogen) atoms. The Morgan fingerprint density at radius 1 is 1.24 bits per heavy atom. The Bertz CT molecular complexity index is 731. The van der Waals surface area contributed by atoms with E-state index in [2.05, 4.69) is 0 Å². The van der Waals surface area contributed by atoms with Gasteiger partial charge < -0.3 is 19.7 Å². The molecule has 0 aromatic rings. The van der Waals surface area contributed by atoms with Crippen LogP contribution >= 0.6 is 0 Å². The molecule has 0 aromatic carbocycles. The van der Waals surface area contributed by atoms with Gasteiger partial charge in [0, 0.05) is 19.3 Å². The molecule has 0 saturated heterocycles. The zero-order valence-corrected chi connectivity index (χ0v) is 18.5. The van der Waals surface area contributed by atoms with E-state index in [4.69, 9.17) is 9.47 Å². The van der Waals surface area contributed by atoms with E-state index in [0.717, 1.165) is 11.1 Å². The number of aliphatic hydroxyl groups excluding tert-OH is 1. The van der Waals surface area contributed by atoms with Crippen molar-refractivity contribution in [3.63, 3.8) is 0 Å². The number of rotatable bonds is 4. The van der Waals surface area contributed by atoms with Gasteiger partial charge in [-0.2, -0.15) is 0 Å².